The van der Waals surface area contributed by atoms with Crippen molar-refractivity contribution in [3.05, 3.63) is 45.6 Å². The second-order valence-electron chi connectivity index (χ2n) is 3.65. The number of nitrogen functional groups attached to an aromatic ring is 1. The number of aromatic nitrogens is 2. The summed E-state index contributed by atoms with van der Waals surface area (Å²) >= 11 is 11.6. The predicted octanol–water partition coefficient (Wildman–Crippen LogP) is 2.23. The second-order valence-corrected chi connectivity index (χ2v) is 4.52. The highest BCUT2D eigenvalue weighted by molar-refractivity contribution is 6.35. The third-order valence-corrected chi connectivity index (χ3v) is 2.75. The van der Waals surface area contributed by atoms with Crippen LogP contribution in [-0.2, 0) is 6.54 Å². The highest BCUT2D eigenvalue weighted by atomic mass is 35.5. The summed E-state index contributed by atoms with van der Waals surface area (Å²) < 4.78 is 0. The number of nitrogens with two attached hydrogens (primary N) is 1. The number of nitrogens with zero attached hydrogens (tertiary/aromatic N) is 1. The second kappa shape index (κ2) is 5.29. The van der Waals surface area contributed by atoms with Gasteiger partial charge in [0.25, 0.3) is 5.91 Å². The van der Waals surface area contributed by atoms with Crippen molar-refractivity contribution in [2.75, 3.05) is 5.73 Å². The molecule has 0 bridgehead atoms. The van der Waals surface area contributed by atoms with E-state index in [9.17, 15) is 4.79 Å². The quantitative estimate of drug-likeness (QED) is 0.808. The molecular weight excluding hydrogens is 275 g/mol. The largest absolute Gasteiger partial charge is 0.384 e. The van der Waals surface area contributed by atoms with Crippen LogP contribution in [0.1, 0.15) is 15.9 Å². The van der Waals surface area contributed by atoms with Gasteiger partial charge in [-0.15, -0.1) is 0 Å². The first-order valence-corrected chi connectivity index (χ1v) is 5.84. The van der Waals surface area contributed by atoms with E-state index in [4.69, 9.17) is 28.9 Å². The zero-order valence-corrected chi connectivity index (χ0v) is 10.7. The lowest BCUT2D eigenvalue weighted by Gasteiger charge is -2.05. The van der Waals surface area contributed by atoms with E-state index in [1.807, 2.05) is 0 Å². The Bertz CT molecular complexity index is 562. The van der Waals surface area contributed by atoms with E-state index in [0.717, 1.165) is 5.56 Å². The van der Waals surface area contributed by atoms with Crippen LogP contribution in [0.15, 0.2) is 24.4 Å². The zero-order valence-electron chi connectivity index (χ0n) is 9.21. The van der Waals surface area contributed by atoms with Gasteiger partial charge >= 0.3 is 0 Å². The Labute approximate surface area is 113 Å². The van der Waals surface area contributed by atoms with E-state index < -0.39 is 0 Å². The number of carbonyl (C=O) groups excluding carboxylic acids is 1. The summed E-state index contributed by atoms with van der Waals surface area (Å²) in [6.45, 7) is 0.283. The predicted molar refractivity (Wildman–Crippen MR) is 70.6 cm³/mol. The van der Waals surface area contributed by atoms with Crippen LogP contribution < -0.4 is 11.1 Å². The van der Waals surface area contributed by atoms with Gasteiger partial charge in [0.15, 0.2) is 0 Å². The molecule has 2 rings (SSSR count). The Hall–Kier alpha value is -1.72. The fourth-order valence-corrected chi connectivity index (χ4v) is 1.95. The minimum Gasteiger partial charge on any atom is -0.384 e. The lowest BCUT2D eigenvalue weighted by Crippen LogP contribution is -2.23. The Kier molecular flexibility index (Phi) is 3.74. The maximum Gasteiger partial charge on any atom is 0.251 e. The summed E-state index contributed by atoms with van der Waals surface area (Å²) in [6.07, 6.45) is 1.56. The van der Waals surface area contributed by atoms with E-state index in [1.54, 1.807) is 24.4 Å². The van der Waals surface area contributed by atoms with Gasteiger partial charge in [0.05, 0.1) is 6.20 Å². The number of nitrogens with one attached hydrogen (secondary N) is 2. The van der Waals surface area contributed by atoms with Crippen LogP contribution in [0.5, 0.6) is 0 Å². The van der Waals surface area contributed by atoms with Crippen LogP contribution in [0.25, 0.3) is 0 Å². The number of anilines is 1. The molecule has 18 heavy (non-hydrogen) atoms. The molecule has 0 aliphatic carbocycles. The molecule has 0 unspecified atom stereocenters. The average molecular weight is 285 g/mol. The minimum atomic E-state index is -0.278. The van der Waals surface area contributed by atoms with Gasteiger partial charge in [0.1, 0.15) is 5.82 Å². The maximum atomic E-state index is 11.9. The first kappa shape index (κ1) is 12.7. The van der Waals surface area contributed by atoms with E-state index in [0.29, 0.717) is 21.4 Å². The van der Waals surface area contributed by atoms with Crippen LogP contribution in [0.2, 0.25) is 10.0 Å². The monoisotopic (exact) mass is 284 g/mol. The number of hydrogen-bond acceptors (Lipinski definition) is 3. The van der Waals surface area contributed by atoms with E-state index >= 15 is 0 Å². The molecule has 0 fully saturated rings. The average Bonchev–Trinajstić information content (AvgIpc) is 2.70. The summed E-state index contributed by atoms with van der Waals surface area (Å²) in [7, 11) is 0. The molecule has 7 heteroatoms. The standard InChI is InChI=1S/C11H10Cl2N4O/c12-8-1-6(2-9(13)3-8)11(18)15-4-7-5-16-17-10(7)14/h1-3,5H,4H2,(H,15,18)(H3,14,16,17). The number of aromatic amines is 1. The molecule has 1 aromatic heterocycles. The van der Waals surface area contributed by atoms with Crippen LogP contribution in [-0.4, -0.2) is 16.1 Å². The third kappa shape index (κ3) is 2.94. The van der Waals surface area contributed by atoms with E-state index in [2.05, 4.69) is 15.5 Å². The number of amides is 1. The molecule has 1 aromatic carbocycles. The first-order chi connectivity index (χ1) is 8.56. The molecule has 0 radical (unpaired) electrons. The molecular formula is C11H10Cl2N4O. The van der Waals surface area contributed by atoms with Crippen LogP contribution in [0.4, 0.5) is 5.82 Å². The SMILES string of the molecule is Nc1[nH]ncc1CNC(=O)c1cc(Cl)cc(Cl)c1. The molecule has 4 N–H and O–H groups in total. The molecule has 94 valence electrons. The molecule has 2 aromatic rings. The van der Waals surface area contributed by atoms with Crippen molar-refractivity contribution in [1.29, 1.82) is 0 Å². The summed E-state index contributed by atoms with van der Waals surface area (Å²) in [5, 5.41) is 9.87. The van der Waals surface area contributed by atoms with Crippen LogP contribution in [0.3, 0.4) is 0 Å². The summed E-state index contributed by atoms with van der Waals surface area (Å²) in [5.74, 6) is 0.152. The Morgan fingerprint density at radius 1 is 1.33 bits per heavy atom. The third-order valence-electron chi connectivity index (χ3n) is 2.32. The van der Waals surface area contributed by atoms with Gasteiger partial charge in [0, 0.05) is 27.7 Å². The van der Waals surface area contributed by atoms with E-state index in [1.165, 1.54) is 0 Å². The molecule has 5 nitrogen and oxygen atoms in total. The van der Waals surface area contributed by atoms with Crippen molar-refractivity contribution in [3.8, 4) is 0 Å². The lowest BCUT2D eigenvalue weighted by atomic mass is 10.2. The van der Waals surface area contributed by atoms with Crippen molar-refractivity contribution in [1.82, 2.24) is 15.5 Å². The van der Waals surface area contributed by atoms with Gasteiger partial charge in [-0.25, -0.2) is 0 Å². The first-order valence-electron chi connectivity index (χ1n) is 5.08. The van der Waals surface area contributed by atoms with E-state index in [-0.39, 0.29) is 12.5 Å². The maximum absolute atomic E-state index is 11.9. The molecule has 1 amide bonds. The number of H-pyrrole nitrogens is 1. The molecule has 0 saturated heterocycles. The van der Waals surface area contributed by atoms with Crippen molar-refractivity contribution in [2.24, 2.45) is 0 Å². The molecule has 0 atom stereocenters. The summed E-state index contributed by atoms with van der Waals surface area (Å²) in [5.41, 5.74) is 6.72. The Balaban J connectivity index is 2.06. The molecule has 0 aliphatic heterocycles. The molecule has 0 spiro atoms. The van der Waals surface area contributed by atoms with Gasteiger partial charge in [-0.1, -0.05) is 23.2 Å². The molecule has 1 heterocycles. The number of carbonyl (C=O) groups is 1. The Morgan fingerprint density at radius 2 is 2.00 bits per heavy atom. The number of hydrogen-bond donors (Lipinski definition) is 3. The van der Waals surface area contributed by atoms with Crippen LogP contribution >= 0.6 is 23.2 Å². The summed E-state index contributed by atoms with van der Waals surface area (Å²) in [4.78, 5) is 11.9. The van der Waals surface area contributed by atoms with Crippen molar-refractivity contribution in [3.63, 3.8) is 0 Å². The van der Waals surface area contributed by atoms with Crippen molar-refractivity contribution < 1.29 is 4.79 Å². The van der Waals surface area contributed by atoms with Gasteiger partial charge in [-0.05, 0) is 18.2 Å². The topological polar surface area (TPSA) is 83.8 Å². The van der Waals surface area contributed by atoms with Crippen LogP contribution in [0, 0.1) is 0 Å². The van der Waals surface area contributed by atoms with Gasteiger partial charge in [-0.3, -0.25) is 9.89 Å². The highest BCUT2D eigenvalue weighted by Gasteiger charge is 2.09. The lowest BCUT2D eigenvalue weighted by molar-refractivity contribution is 0.0951. The minimum absolute atomic E-state index is 0.278. The number of rotatable bonds is 3. The van der Waals surface area contributed by atoms with Crippen molar-refractivity contribution in [2.45, 2.75) is 6.54 Å². The number of benzene rings is 1. The normalized spacial score (nSPS) is 10.3. The van der Waals surface area contributed by atoms with Gasteiger partial charge in [0.2, 0.25) is 0 Å². The van der Waals surface area contributed by atoms with Crippen molar-refractivity contribution >= 4 is 34.9 Å². The summed E-state index contributed by atoms with van der Waals surface area (Å²) in [6, 6.07) is 4.65. The molecule has 0 saturated carbocycles. The number of halogens is 2. The molecule has 0 aliphatic rings. The highest BCUT2D eigenvalue weighted by Crippen LogP contribution is 2.19. The van der Waals surface area contributed by atoms with Gasteiger partial charge in [-0.2, -0.15) is 5.10 Å². The fourth-order valence-electron chi connectivity index (χ4n) is 1.42. The smallest absolute Gasteiger partial charge is 0.251 e. The fraction of sp³-hybridized carbons (Fsp3) is 0.0909. The zero-order chi connectivity index (χ0) is 13.1. The Morgan fingerprint density at radius 3 is 2.56 bits per heavy atom. The van der Waals surface area contributed by atoms with Gasteiger partial charge < -0.3 is 11.1 Å².